The summed E-state index contributed by atoms with van der Waals surface area (Å²) < 4.78 is 26.5. The number of benzene rings is 2. The maximum Gasteiger partial charge on any atom is 0.328 e. The van der Waals surface area contributed by atoms with E-state index >= 15 is 0 Å². The van der Waals surface area contributed by atoms with Crippen LogP contribution in [-0.4, -0.2) is 52.1 Å². The minimum atomic E-state index is -0.792. The number of rotatable bonds is 6. The predicted octanol–water partition coefficient (Wildman–Crippen LogP) is 2.91. The van der Waals surface area contributed by atoms with Crippen LogP contribution in [0, 0.1) is 5.82 Å². The van der Waals surface area contributed by atoms with Crippen molar-refractivity contribution in [2.45, 2.75) is 25.1 Å². The lowest BCUT2D eigenvalue weighted by molar-refractivity contribution is -0.145. The Morgan fingerprint density at radius 3 is 2.61 bits per heavy atom. The number of likely N-dealkylation sites (tertiary alicyclic amines) is 1. The van der Waals surface area contributed by atoms with E-state index in [0.717, 1.165) is 5.56 Å². The molecular weight excluding hydrogens is 401 g/mol. The molecule has 1 aliphatic rings. The van der Waals surface area contributed by atoms with Gasteiger partial charge in [-0.3, -0.25) is 4.79 Å². The molecule has 1 aliphatic heterocycles. The highest BCUT2D eigenvalue weighted by molar-refractivity contribution is 5.97. The lowest BCUT2D eigenvalue weighted by Crippen LogP contribution is -2.41. The van der Waals surface area contributed by atoms with E-state index in [1.807, 2.05) is 22.9 Å². The Labute approximate surface area is 179 Å². The van der Waals surface area contributed by atoms with Crippen molar-refractivity contribution in [1.82, 2.24) is 14.5 Å². The normalized spacial score (nSPS) is 18.1. The number of imidazole rings is 1. The predicted molar refractivity (Wildman–Crippen MR) is 110 cm³/mol. The van der Waals surface area contributed by atoms with Crippen LogP contribution in [0.25, 0.3) is 0 Å². The fraction of sp³-hybridized carbons (Fsp3) is 0.261. The highest BCUT2D eigenvalue weighted by atomic mass is 19.1. The van der Waals surface area contributed by atoms with Crippen LogP contribution >= 0.6 is 0 Å². The molecule has 3 aromatic rings. The summed E-state index contributed by atoms with van der Waals surface area (Å²) in [6.45, 7) is 0.797. The Kier molecular flexibility index (Phi) is 5.97. The van der Waals surface area contributed by atoms with Gasteiger partial charge in [-0.05, 0) is 29.8 Å². The largest absolute Gasteiger partial charge is 0.485 e. The highest BCUT2D eigenvalue weighted by Crippen LogP contribution is 2.27. The van der Waals surface area contributed by atoms with Crippen LogP contribution in [0.2, 0.25) is 0 Å². The first-order valence-electron chi connectivity index (χ1n) is 9.90. The number of hydrogen-bond donors (Lipinski definition) is 0. The molecule has 7 nitrogen and oxygen atoms in total. The number of halogens is 1. The number of carbonyl (C=O) groups is 2. The van der Waals surface area contributed by atoms with Crippen LogP contribution in [0.15, 0.2) is 67.3 Å². The van der Waals surface area contributed by atoms with E-state index in [9.17, 15) is 14.0 Å². The lowest BCUT2D eigenvalue weighted by Gasteiger charge is -2.22. The highest BCUT2D eigenvalue weighted by Gasteiger charge is 2.42. The summed E-state index contributed by atoms with van der Waals surface area (Å²) >= 11 is 0. The molecule has 0 radical (unpaired) electrons. The minimum Gasteiger partial charge on any atom is -0.485 e. The van der Waals surface area contributed by atoms with Crippen LogP contribution < -0.4 is 4.74 Å². The van der Waals surface area contributed by atoms with Gasteiger partial charge in [-0.15, -0.1) is 0 Å². The molecule has 8 heteroatoms. The molecule has 0 saturated carbocycles. The maximum absolute atomic E-state index is 14.0. The Morgan fingerprint density at radius 2 is 1.94 bits per heavy atom. The summed E-state index contributed by atoms with van der Waals surface area (Å²) in [6, 6.07) is 12.5. The van der Waals surface area contributed by atoms with Crippen molar-refractivity contribution in [3.05, 3.63) is 84.2 Å². The van der Waals surface area contributed by atoms with Crippen LogP contribution in [-0.2, 0) is 16.1 Å². The number of methoxy groups -OCH3 is 1. The molecule has 2 heterocycles. The molecule has 1 aromatic heterocycles. The third kappa shape index (κ3) is 4.58. The van der Waals surface area contributed by atoms with Gasteiger partial charge in [0.25, 0.3) is 5.91 Å². The number of nitrogens with zero attached hydrogens (tertiary/aromatic N) is 3. The SMILES string of the molecule is COC(=O)[C@H]1C[C@@H](Oc2ccccc2F)CN1C(=O)c1ccc(Cn2ccnc2)cc1. The van der Waals surface area contributed by atoms with Crippen LogP contribution in [0.5, 0.6) is 5.75 Å². The number of hydrogen-bond acceptors (Lipinski definition) is 5. The van der Waals surface area contributed by atoms with Crippen molar-refractivity contribution >= 4 is 11.9 Å². The van der Waals surface area contributed by atoms with E-state index in [-0.39, 0.29) is 24.6 Å². The average Bonchev–Trinajstić information content (AvgIpc) is 3.45. The maximum atomic E-state index is 14.0. The summed E-state index contributed by atoms with van der Waals surface area (Å²) in [5.74, 6) is -1.22. The van der Waals surface area contributed by atoms with Gasteiger partial charge in [0, 0.05) is 30.9 Å². The summed E-state index contributed by atoms with van der Waals surface area (Å²) in [6.07, 6.45) is 4.99. The minimum absolute atomic E-state index is 0.0919. The molecule has 0 N–H and O–H groups in total. The number of para-hydroxylation sites is 1. The van der Waals surface area contributed by atoms with Gasteiger partial charge in [0.05, 0.1) is 20.0 Å². The van der Waals surface area contributed by atoms with Gasteiger partial charge in [-0.1, -0.05) is 24.3 Å². The van der Waals surface area contributed by atoms with Crippen LogP contribution in [0.4, 0.5) is 4.39 Å². The molecule has 2 aromatic carbocycles. The third-order valence-electron chi connectivity index (χ3n) is 5.25. The van der Waals surface area contributed by atoms with Crippen molar-refractivity contribution in [1.29, 1.82) is 0 Å². The second-order valence-electron chi connectivity index (χ2n) is 7.33. The molecule has 2 atom stereocenters. The Morgan fingerprint density at radius 1 is 1.16 bits per heavy atom. The monoisotopic (exact) mass is 423 g/mol. The number of carbonyl (C=O) groups excluding carboxylic acids is 2. The Hall–Kier alpha value is -3.68. The molecule has 1 amide bonds. The van der Waals surface area contributed by atoms with Crippen LogP contribution in [0.1, 0.15) is 22.3 Å². The lowest BCUT2D eigenvalue weighted by atomic mass is 10.1. The van der Waals surface area contributed by atoms with Gasteiger partial charge in [-0.25, -0.2) is 14.2 Å². The van der Waals surface area contributed by atoms with Crippen molar-refractivity contribution in [2.24, 2.45) is 0 Å². The van der Waals surface area contributed by atoms with Crippen molar-refractivity contribution in [2.75, 3.05) is 13.7 Å². The molecule has 0 aliphatic carbocycles. The van der Waals surface area contributed by atoms with E-state index in [4.69, 9.17) is 9.47 Å². The molecule has 0 bridgehead atoms. The zero-order valence-corrected chi connectivity index (χ0v) is 17.0. The van der Waals surface area contributed by atoms with Crippen molar-refractivity contribution < 1.29 is 23.5 Å². The molecule has 160 valence electrons. The summed E-state index contributed by atoms with van der Waals surface area (Å²) in [5, 5.41) is 0. The van der Waals surface area contributed by atoms with Crippen LogP contribution in [0.3, 0.4) is 0 Å². The molecule has 4 rings (SSSR count). The average molecular weight is 423 g/mol. The van der Waals surface area contributed by atoms with Gasteiger partial charge in [-0.2, -0.15) is 0 Å². The van der Waals surface area contributed by atoms with Gasteiger partial charge >= 0.3 is 5.97 Å². The molecule has 1 saturated heterocycles. The first kappa shape index (κ1) is 20.6. The van der Waals surface area contributed by atoms with Gasteiger partial charge in [0.1, 0.15) is 12.1 Å². The van der Waals surface area contributed by atoms with Gasteiger partial charge in [0.2, 0.25) is 0 Å². The van der Waals surface area contributed by atoms with E-state index < -0.39 is 23.9 Å². The third-order valence-corrected chi connectivity index (χ3v) is 5.25. The Balaban J connectivity index is 1.49. The number of aromatic nitrogens is 2. The smallest absolute Gasteiger partial charge is 0.328 e. The Bertz CT molecular complexity index is 1050. The number of ether oxygens (including phenoxy) is 2. The van der Waals surface area contributed by atoms with Crippen molar-refractivity contribution in [3.8, 4) is 5.75 Å². The fourth-order valence-corrected chi connectivity index (χ4v) is 3.70. The summed E-state index contributed by atoms with van der Waals surface area (Å²) in [5.41, 5.74) is 1.47. The quantitative estimate of drug-likeness (QED) is 0.570. The standard InChI is InChI=1S/C23H22FN3O4/c1-30-23(29)20-12-18(31-21-5-3-2-4-19(21)24)14-27(20)22(28)17-8-6-16(7-9-17)13-26-11-10-25-15-26/h2-11,15,18,20H,12-14H2,1H3/t18-,20-/m1/s1. The zero-order chi connectivity index (χ0) is 21.8. The zero-order valence-electron chi connectivity index (χ0n) is 17.0. The second kappa shape index (κ2) is 8.99. The number of amides is 1. The molecule has 0 spiro atoms. The number of esters is 1. The molecule has 1 fully saturated rings. The summed E-state index contributed by atoms with van der Waals surface area (Å²) in [7, 11) is 1.28. The van der Waals surface area contributed by atoms with Crippen molar-refractivity contribution in [3.63, 3.8) is 0 Å². The summed E-state index contributed by atoms with van der Waals surface area (Å²) in [4.78, 5) is 30.9. The second-order valence-corrected chi connectivity index (χ2v) is 7.33. The topological polar surface area (TPSA) is 73.7 Å². The first-order valence-corrected chi connectivity index (χ1v) is 9.90. The fourth-order valence-electron chi connectivity index (χ4n) is 3.70. The van der Waals surface area contributed by atoms with E-state index in [2.05, 4.69) is 4.98 Å². The first-order chi connectivity index (χ1) is 15.0. The van der Waals surface area contributed by atoms with E-state index in [0.29, 0.717) is 12.1 Å². The molecule has 0 unspecified atom stereocenters. The molecule has 31 heavy (non-hydrogen) atoms. The van der Waals surface area contributed by atoms with E-state index in [1.54, 1.807) is 36.8 Å². The molecular formula is C23H22FN3O4. The van der Waals surface area contributed by atoms with E-state index in [1.165, 1.54) is 24.1 Å². The van der Waals surface area contributed by atoms with Gasteiger partial charge in [0.15, 0.2) is 11.6 Å². The van der Waals surface area contributed by atoms with Gasteiger partial charge < -0.3 is 18.9 Å².